The number of anilines is 2. The summed E-state index contributed by atoms with van der Waals surface area (Å²) in [4.78, 5) is 0. The van der Waals surface area contributed by atoms with Gasteiger partial charge in [0, 0.05) is 29.1 Å². The summed E-state index contributed by atoms with van der Waals surface area (Å²) in [6.07, 6.45) is 10.9. The molecule has 0 fully saturated rings. The smallest absolute Gasteiger partial charge is 0.0316 e. The van der Waals surface area contributed by atoms with Gasteiger partial charge >= 0.3 is 0 Å². The SMILES string of the molecule is CCCCCCC(c1ccc(C(CCC)c2ccc(N)cc2C)cc1)c1ccc(C(CCC)c2ccc(N)cc2C)cc1. The number of unbranched alkanes of at least 4 members (excludes halogenated alkanes) is 3. The van der Waals surface area contributed by atoms with E-state index in [9.17, 15) is 0 Å². The highest BCUT2D eigenvalue weighted by Crippen LogP contribution is 2.37. The van der Waals surface area contributed by atoms with Gasteiger partial charge in [-0.25, -0.2) is 0 Å². The second-order valence-corrected chi connectivity index (χ2v) is 12.6. The number of aryl methyl sites for hydroxylation is 2. The van der Waals surface area contributed by atoms with Crippen molar-refractivity contribution in [1.82, 2.24) is 0 Å². The monoisotopic (exact) mass is 574 g/mol. The topological polar surface area (TPSA) is 52.0 Å². The number of rotatable bonds is 15. The Morgan fingerprint density at radius 3 is 1.19 bits per heavy atom. The molecule has 2 nitrogen and oxygen atoms in total. The molecule has 0 aliphatic carbocycles. The van der Waals surface area contributed by atoms with Crippen LogP contribution in [-0.2, 0) is 0 Å². The third-order valence-corrected chi connectivity index (χ3v) is 9.32. The van der Waals surface area contributed by atoms with Crippen molar-refractivity contribution in [1.29, 1.82) is 0 Å². The second-order valence-electron chi connectivity index (χ2n) is 12.6. The first-order valence-corrected chi connectivity index (χ1v) is 16.8. The van der Waals surface area contributed by atoms with Crippen LogP contribution in [0.25, 0.3) is 0 Å². The molecule has 228 valence electrons. The van der Waals surface area contributed by atoms with E-state index in [2.05, 4.69) is 120 Å². The van der Waals surface area contributed by atoms with E-state index in [1.807, 2.05) is 0 Å². The van der Waals surface area contributed by atoms with Crippen LogP contribution in [0, 0.1) is 13.8 Å². The fourth-order valence-electron chi connectivity index (χ4n) is 6.98. The van der Waals surface area contributed by atoms with Crippen molar-refractivity contribution in [3.8, 4) is 0 Å². The van der Waals surface area contributed by atoms with Gasteiger partial charge in [0.1, 0.15) is 0 Å². The van der Waals surface area contributed by atoms with Crippen molar-refractivity contribution in [3.05, 3.63) is 129 Å². The Morgan fingerprint density at radius 2 is 0.837 bits per heavy atom. The fraction of sp³-hybridized carbons (Fsp3) is 0.415. The minimum Gasteiger partial charge on any atom is -0.399 e. The van der Waals surface area contributed by atoms with E-state index in [1.165, 1.54) is 76.6 Å². The Balaban J connectivity index is 1.63. The van der Waals surface area contributed by atoms with Crippen LogP contribution in [0.1, 0.15) is 141 Å². The maximum absolute atomic E-state index is 6.09. The second kappa shape index (κ2) is 15.8. The number of hydrogen-bond acceptors (Lipinski definition) is 2. The highest BCUT2D eigenvalue weighted by molar-refractivity contribution is 5.50. The van der Waals surface area contributed by atoms with Gasteiger partial charge in [0.25, 0.3) is 0 Å². The Hall–Kier alpha value is -3.52. The molecule has 2 unspecified atom stereocenters. The fourth-order valence-corrected chi connectivity index (χ4v) is 6.98. The number of nitrogens with two attached hydrogens (primary N) is 2. The molecule has 0 spiro atoms. The van der Waals surface area contributed by atoms with Gasteiger partial charge in [-0.1, -0.05) is 120 Å². The molecule has 0 aromatic heterocycles. The minimum atomic E-state index is 0.397. The van der Waals surface area contributed by atoms with Gasteiger partial charge < -0.3 is 11.5 Å². The molecule has 4 aromatic rings. The Bertz CT molecular complexity index is 1310. The summed E-state index contributed by atoms with van der Waals surface area (Å²) < 4.78 is 0. The van der Waals surface area contributed by atoms with E-state index in [0.29, 0.717) is 17.8 Å². The predicted molar refractivity (Wildman–Crippen MR) is 188 cm³/mol. The minimum absolute atomic E-state index is 0.397. The van der Waals surface area contributed by atoms with Crippen molar-refractivity contribution >= 4 is 11.4 Å². The number of benzene rings is 4. The lowest BCUT2D eigenvalue weighted by molar-refractivity contribution is 0.596. The highest BCUT2D eigenvalue weighted by atomic mass is 14.5. The van der Waals surface area contributed by atoms with Crippen molar-refractivity contribution in [3.63, 3.8) is 0 Å². The molecule has 0 aliphatic heterocycles. The summed E-state index contributed by atoms with van der Waals surface area (Å²) in [5, 5.41) is 0. The first-order chi connectivity index (χ1) is 20.9. The lowest BCUT2D eigenvalue weighted by Crippen LogP contribution is -2.07. The van der Waals surface area contributed by atoms with Gasteiger partial charge in [-0.3, -0.25) is 0 Å². The molecule has 2 heteroatoms. The predicted octanol–water partition coefficient (Wildman–Crippen LogP) is 11.4. The summed E-state index contributed by atoms with van der Waals surface area (Å²) in [5.74, 6) is 1.20. The largest absolute Gasteiger partial charge is 0.399 e. The van der Waals surface area contributed by atoms with Gasteiger partial charge in [0.2, 0.25) is 0 Å². The van der Waals surface area contributed by atoms with Crippen LogP contribution in [-0.4, -0.2) is 0 Å². The zero-order chi connectivity index (χ0) is 30.8. The van der Waals surface area contributed by atoms with Gasteiger partial charge in [-0.05, 0) is 102 Å². The molecule has 0 amide bonds. The summed E-state index contributed by atoms with van der Waals surface area (Å²) in [5.41, 5.74) is 24.9. The van der Waals surface area contributed by atoms with E-state index < -0.39 is 0 Å². The van der Waals surface area contributed by atoms with Crippen LogP contribution < -0.4 is 11.5 Å². The molecule has 0 bridgehead atoms. The molecule has 0 radical (unpaired) electrons. The van der Waals surface area contributed by atoms with Gasteiger partial charge in [0.15, 0.2) is 0 Å². The zero-order valence-corrected chi connectivity index (χ0v) is 27.3. The van der Waals surface area contributed by atoms with Gasteiger partial charge in [-0.2, -0.15) is 0 Å². The zero-order valence-electron chi connectivity index (χ0n) is 27.3. The molecular formula is C41H54N2. The summed E-state index contributed by atoms with van der Waals surface area (Å²) in [7, 11) is 0. The first-order valence-electron chi connectivity index (χ1n) is 16.8. The molecule has 0 saturated heterocycles. The van der Waals surface area contributed by atoms with Crippen LogP contribution >= 0.6 is 0 Å². The van der Waals surface area contributed by atoms with Crippen LogP contribution in [0.4, 0.5) is 11.4 Å². The van der Waals surface area contributed by atoms with E-state index in [1.54, 1.807) is 0 Å². The molecular weight excluding hydrogens is 520 g/mol. The summed E-state index contributed by atoms with van der Waals surface area (Å²) in [6.45, 7) is 11.2. The number of hydrogen-bond donors (Lipinski definition) is 2. The Morgan fingerprint density at radius 1 is 0.442 bits per heavy atom. The van der Waals surface area contributed by atoms with Crippen LogP contribution in [0.3, 0.4) is 0 Å². The lowest BCUT2D eigenvalue weighted by atomic mass is 9.81. The molecule has 4 aromatic carbocycles. The molecule has 43 heavy (non-hydrogen) atoms. The molecule has 4 N–H and O–H groups in total. The average molecular weight is 575 g/mol. The lowest BCUT2D eigenvalue weighted by Gasteiger charge is -2.24. The van der Waals surface area contributed by atoms with E-state index in [4.69, 9.17) is 11.5 Å². The van der Waals surface area contributed by atoms with Crippen molar-refractivity contribution < 1.29 is 0 Å². The van der Waals surface area contributed by atoms with Crippen LogP contribution in [0.2, 0.25) is 0 Å². The molecule has 0 saturated carbocycles. The van der Waals surface area contributed by atoms with Crippen molar-refractivity contribution in [2.75, 3.05) is 11.5 Å². The van der Waals surface area contributed by atoms with E-state index in [0.717, 1.165) is 37.1 Å². The first kappa shape index (κ1) is 32.4. The van der Waals surface area contributed by atoms with E-state index in [-0.39, 0.29) is 0 Å². The van der Waals surface area contributed by atoms with Crippen LogP contribution in [0.5, 0.6) is 0 Å². The average Bonchev–Trinajstić information content (AvgIpc) is 3.00. The third kappa shape index (κ3) is 8.31. The third-order valence-electron chi connectivity index (χ3n) is 9.32. The Kier molecular flexibility index (Phi) is 11.9. The molecule has 2 atom stereocenters. The molecule has 4 rings (SSSR count). The highest BCUT2D eigenvalue weighted by Gasteiger charge is 2.20. The maximum Gasteiger partial charge on any atom is 0.0316 e. The van der Waals surface area contributed by atoms with Crippen molar-refractivity contribution in [2.45, 2.75) is 110 Å². The summed E-state index contributed by atoms with van der Waals surface area (Å²) in [6, 6.07) is 32.0. The standard InChI is InChI=1S/C41H54N2/c1-6-9-10-11-14-39(31-15-19-33(20-16-31)40(12-7-2)37-25-23-35(42)27-29(37)4)32-17-21-34(22-18-32)41(13-8-3)38-26-24-36(43)28-30(38)5/h15-28,39-41H,6-14,42-43H2,1-5H3. The quantitative estimate of drug-likeness (QED) is 0.110. The van der Waals surface area contributed by atoms with Gasteiger partial charge in [-0.15, -0.1) is 0 Å². The summed E-state index contributed by atoms with van der Waals surface area (Å²) >= 11 is 0. The molecule has 0 aliphatic rings. The van der Waals surface area contributed by atoms with Gasteiger partial charge in [0.05, 0.1) is 0 Å². The van der Waals surface area contributed by atoms with Crippen molar-refractivity contribution in [2.24, 2.45) is 0 Å². The Labute approximate surface area is 261 Å². The maximum atomic E-state index is 6.09. The number of nitrogen functional groups attached to an aromatic ring is 2. The molecule has 0 heterocycles. The van der Waals surface area contributed by atoms with Crippen LogP contribution in [0.15, 0.2) is 84.9 Å². The van der Waals surface area contributed by atoms with E-state index >= 15 is 0 Å². The normalized spacial score (nSPS) is 13.5.